The van der Waals surface area contributed by atoms with Gasteiger partial charge < -0.3 is 29.3 Å². The van der Waals surface area contributed by atoms with Crippen molar-refractivity contribution in [3.05, 3.63) is 52.0 Å². The summed E-state index contributed by atoms with van der Waals surface area (Å²) in [5, 5.41) is 20.8. The molecule has 2 aromatic carbocycles. The summed E-state index contributed by atoms with van der Waals surface area (Å²) in [6.07, 6.45) is 1.01. The third-order valence-electron chi connectivity index (χ3n) is 7.18. The Hall–Kier alpha value is -2.52. The number of nitrogens with zero attached hydrogens (tertiary/aromatic N) is 2. The zero-order valence-corrected chi connectivity index (χ0v) is 22.6. The molecule has 0 saturated carbocycles. The van der Waals surface area contributed by atoms with E-state index in [4.69, 9.17) is 25.8 Å². The molecule has 0 aromatic heterocycles. The summed E-state index contributed by atoms with van der Waals surface area (Å²) in [7, 11) is 1.52. The molecule has 2 aromatic rings. The monoisotopic (exact) mass is 532 g/mol. The molecule has 2 saturated heterocycles. The number of phenolic OH excluding ortho intramolecular Hbond substituents is 1. The van der Waals surface area contributed by atoms with Crippen LogP contribution in [0.15, 0.2) is 30.3 Å². The Kier molecular flexibility index (Phi) is 8.85. The second kappa shape index (κ2) is 11.9. The topological polar surface area (TPSA) is 91.7 Å². The summed E-state index contributed by atoms with van der Waals surface area (Å²) in [5.74, 6) is 1.22. The molecule has 0 unspecified atom stereocenters. The number of amides is 1. The van der Waals surface area contributed by atoms with Crippen molar-refractivity contribution in [3.63, 3.8) is 0 Å². The number of rotatable bonds is 8. The highest BCUT2D eigenvalue weighted by atomic mass is 35.5. The summed E-state index contributed by atoms with van der Waals surface area (Å²) in [6, 6.07) is 9.18. The van der Waals surface area contributed by atoms with Crippen LogP contribution in [0.25, 0.3) is 0 Å². The molecular weight excluding hydrogens is 496 g/mol. The number of methoxy groups -OCH3 is 1. The van der Waals surface area contributed by atoms with Gasteiger partial charge in [0.1, 0.15) is 18.0 Å². The summed E-state index contributed by atoms with van der Waals surface area (Å²) in [6.45, 7) is 7.40. The highest BCUT2D eigenvalue weighted by Gasteiger charge is 2.41. The first-order valence-corrected chi connectivity index (χ1v) is 13.1. The SMILES string of the molecule is COc1ccc(CN2CCO[C@](COc3cc(C)c(Cl)c(C)c3)(CC(=O)N3CCC(O)CC3)C2)cc1O. The molecule has 2 N–H and O–H groups in total. The summed E-state index contributed by atoms with van der Waals surface area (Å²) in [4.78, 5) is 17.4. The minimum absolute atomic E-state index is 0.00269. The largest absolute Gasteiger partial charge is 0.504 e. The maximum absolute atomic E-state index is 13.3. The van der Waals surface area contributed by atoms with Gasteiger partial charge in [0, 0.05) is 37.7 Å². The third kappa shape index (κ3) is 6.87. The zero-order valence-electron chi connectivity index (χ0n) is 21.8. The Bertz CT molecular complexity index is 1080. The number of aliphatic hydroxyl groups is 1. The average Bonchev–Trinajstić information content (AvgIpc) is 2.87. The molecule has 1 atom stereocenters. The minimum atomic E-state index is -0.846. The number of hydrogen-bond acceptors (Lipinski definition) is 7. The molecular formula is C28H37ClN2O6. The Balaban J connectivity index is 1.52. The zero-order chi connectivity index (χ0) is 26.6. The number of carbonyl (C=O) groups excluding carboxylic acids is 1. The molecule has 2 heterocycles. The first-order chi connectivity index (χ1) is 17.7. The fraction of sp³-hybridized carbons (Fsp3) is 0.536. The number of benzene rings is 2. The second-order valence-corrected chi connectivity index (χ2v) is 10.6. The lowest BCUT2D eigenvalue weighted by atomic mass is 9.95. The smallest absolute Gasteiger partial charge is 0.225 e. The number of hydrogen-bond donors (Lipinski definition) is 2. The van der Waals surface area contributed by atoms with Gasteiger partial charge in [0.05, 0.1) is 26.2 Å². The van der Waals surface area contributed by atoms with Crippen LogP contribution in [0.4, 0.5) is 0 Å². The standard InChI is InChI=1S/C28H37ClN2O6/c1-19-12-23(13-20(2)27(19)29)36-18-28(15-26(34)31-8-6-22(32)7-9-31)17-30(10-11-37-28)16-21-4-5-25(35-3)24(33)14-21/h4-5,12-14,22,32-33H,6-11,15-18H2,1-3H3/t28-/m1/s1. The molecule has 0 aliphatic carbocycles. The number of aromatic hydroxyl groups is 1. The maximum Gasteiger partial charge on any atom is 0.225 e. The number of piperidine rings is 1. The second-order valence-electron chi connectivity index (χ2n) is 10.2. The molecule has 2 aliphatic rings. The van der Waals surface area contributed by atoms with Crippen LogP contribution in [0.1, 0.15) is 36.0 Å². The predicted octanol–water partition coefficient (Wildman–Crippen LogP) is 3.69. The van der Waals surface area contributed by atoms with Gasteiger partial charge in [-0.15, -0.1) is 0 Å². The van der Waals surface area contributed by atoms with E-state index in [-0.39, 0.29) is 30.8 Å². The lowest BCUT2D eigenvalue weighted by molar-refractivity contribution is -0.158. The number of aryl methyl sites for hydroxylation is 2. The van der Waals surface area contributed by atoms with E-state index >= 15 is 0 Å². The Morgan fingerprint density at radius 2 is 1.86 bits per heavy atom. The molecule has 4 rings (SSSR count). The maximum atomic E-state index is 13.3. The van der Waals surface area contributed by atoms with Gasteiger partial charge in [-0.05, 0) is 67.6 Å². The molecule has 2 aliphatic heterocycles. The number of aliphatic hydroxyl groups excluding tert-OH is 1. The molecule has 0 radical (unpaired) electrons. The van der Waals surface area contributed by atoms with E-state index in [2.05, 4.69) is 4.90 Å². The van der Waals surface area contributed by atoms with Gasteiger partial charge in [0.25, 0.3) is 0 Å². The lowest BCUT2D eigenvalue weighted by Gasteiger charge is -2.43. The molecule has 202 valence electrons. The molecule has 37 heavy (non-hydrogen) atoms. The number of likely N-dealkylation sites (tertiary alicyclic amines) is 1. The molecule has 0 spiro atoms. The lowest BCUT2D eigenvalue weighted by Crippen LogP contribution is -2.57. The van der Waals surface area contributed by atoms with Crippen LogP contribution < -0.4 is 9.47 Å². The van der Waals surface area contributed by atoms with Gasteiger partial charge in [0.2, 0.25) is 5.91 Å². The first-order valence-electron chi connectivity index (χ1n) is 12.8. The van der Waals surface area contributed by atoms with Gasteiger partial charge >= 0.3 is 0 Å². The van der Waals surface area contributed by atoms with E-state index in [1.54, 1.807) is 12.1 Å². The highest BCUT2D eigenvalue weighted by molar-refractivity contribution is 6.32. The number of halogens is 1. The van der Waals surface area contributed by atoms with Crippen molar-refractivity contribution in [3.8, 4) is 17.2 Å². The normalized spacial score (nSPS) is 21.2. The Morgan fingerprint density at radius 3 is 2.51 bits per heavy atom. The highest BCUT2D eigenvalue weighted by Crippen LogP contribution is 2.31. The van der Waals surface area contributed by atoms with E-state index in [1.165, 1.54) is 7.11 Å². The minimum Gasteiger partial charge on any atom is -0.504 e. The van der Waals surface area contributed by atoms with Crippen molar-refractivity contribution in [2.24, 2.45) is 0 Å². The van der Waals surface area contributed by atoms with E-state index in [1.807, 2.05) is 36.9 Å². The molecule has 9 heteroatoms. The number of phenols is 1. The van der Waals surface area contributed by atoms with Crippen LogP contribution in [0.2, 0.25) is 5.02 Å². The van der Waals surface area contributed by atoms with Gasteiger partial charge in [-0.2, -0.15) is 0 Å². The van der Waals surface area contributed by atoms with Crippen molar-refractivity contribution in [1.29, 1.82) is 0 Å². The molecule has 0 bridgehead atoms. The first kappa shape index (κ1) is 27.5. The van der Waals surface area contributed by atoms with Crippen LogP contribution in [-0.2, 0) is 16.1 Å². The van der Waals surface area contributed by atoms with E-state index < -0.39 is 5.60 Å². The number of carbonyl (C=O) groups is 1. The van der Waals surface area contributed by atoms with Crippen molar-refractivity contribution >= 4 is 17.5 Å². The Morgan fingerprint density at radius 1 is 1.16 bits per heavy atom. The van der Waals surface area contributed by atoms with Gasteiger partial charge in [-0.25, -0.2) is 0 Å². The average molecular weight is 533 g/mol. The van der Waals surface area contributed by atoms with Crippen molar-refractivity contribution in [1.82, 2.24) is 9.80 Å². The summed E-state index contributed by atoms with van der Waals surface area (Å²) < 4.78 is 17.7. The van der Waals surface area contributed by atoms with E-state index in [9.17, 15) is 15.0 Å². The quantitative estimate of drug-likeness (QED) is 0.535. The fourth-order valence-electron chi connectivity index (χ4n) is 5.10. The van der Waals surface area contributed by atoms with Gasteiger partial charge in [-0.3, -0.25) is 9.69 Å². The van der Waals surface area contributed by atoms with Gasteiger partial charge in [0.15, 0.2) is 11.5 Å². The Labute approximate surface area is 223 Å². The van der Waals surface area contributed by atoms with Crippen LogP contribution in [0.5, 0.6) is 17.2 Å². The molecule has 8 nitrogen and oxygen atoms in total. The van der Waals surface area contributed by atoms with Crippen LogP contribution in [0, 0.1) is 13.8 Å². The van der Waals surface area contributed by atoms with Crippen LogP contribution >= 0.6 is 11.6 Å². The predicted molar refractivity (Wildman–Crippen MR) is 141 cm³/mol. The third-order valence-corrected chi connectivity index (χ3v) is 7.78. The molecule has 1 amide bonds. The molecule has 2 fully saturated rings. The van der Waals surface area contributed by atoms with Crippen LogP contribution in [-0.4, -0.2) is 84.1 Å². The van der Waals surface area contributed by atoms with E-state index in [0.717, 1.165) is 16.7 Å². The van der Waals surface area contributed by atoms with Crippen LogP contribution in [0.3, 0.4) is 0 Å². The van der Waals surface area contributed by atoms with Gasteiger partial charge in [-0.1, -0.05) is 17.7 Å². The summed E-state index contributed by atoms with van der Waals surface area (Å²) in [5.41, 5.74) is 1.95. The number of morpholine rings is 1. The fourth-order valence-corrected chi connectivity index (χ4v) is 5.21. The number of ether oxygens (including phenoxy) is 3. The van der Waals surface area contributed by atoms with Crippen molar-refractivity contribution in [2.45, 2.75) is 51.4 Å². The van der Waals surface area contributed by atoms with E-state index in [0.29, 0.717) is 68.7 Å². The van der Waals surface area contributed by atoms with Crippen molar-refractivity contribution < 1.29 is 29.2 Å². The summed E-state index contributed by atoms with van der Waals surface area (Å²) >= 11 is 6.34. The van der Waals surface area contributed by atoms with Crippen molar-refractivity contribution in [2.75, 3.05) is 46.5 Å².